The van der Waals surface area contributed by atoms with E-state index in [0.717, 1.165) is 6.42 Å². The second-order valence-corrected chi connectivity index (χ2v) is 7.09. The zero-order valence-electron chi connectivity index (χ0n) is 16.5. The van der Waals surface area contributed by atoms with Gasteiger partial charge in [0.15, 0.2) is 0 Å². The molecule has 0 saturated heterocycles. The molecule has 8 nitrogen and oxygen atoms in total. The van der Waals surface area contributed by atoms with Gasteiger partial charge in [0.05, 0.1) is 12.3 Å². The number of benzene rings is 1. The Morgan fingerprint density at radius 3 is 2.68 bits per heavy atom. The van der Waals surface area contributed by atoms with Crippen LogP contribution in [0.4, 0.5) is 5.69 Å². The van der Waals surface area contributed by atoms with E-state index >= 15 is 0 Å². The van der Waals surface area contributed by atoms with Gasteiger partial charge in [0, 0.05) is 0 Å². The Hall–Kier alpha value is -2.61. The Morgan fingerprint density at radius 1 is 1.32 bits per heavy atom. The van der Waals surface area contributed by atoms with E-state index in [0.29, 0.717) is 23.8 Å². The van der Waals surface area contributed by atoms with Gasteiger partial charge in [-0.05, 0) is 37.8 Å². The number of nitrogens with one attached hydrogen (secondary N) is 1. The molecule has 2 atom stereocenters. The summed E-state index contributed by atoms with van der Waals surface area (Å²) >= 11 is 0. The number of carboxylic acids is 1. The molecule has 1 aliphatic heterocycles. The molecule has 0 spiro atoms. The van der Waals surface area contributed by atoms with E-state index < -0.39 is 36.5 Å². The Balaban J connectivity index is 2.24. The number of para-hydroxylation sites is 2. The van der Waals surface area contributed by atoms with Crippen LogP contribution in [0.15, 0.2) is 24.3 Å². The topological polar surface area (TPSA) is 105 Å². The van der Waals surface area contributed by atoms with E-state index in [-0.39, 0.29) is 13.2 Å². The maximum absolute atomic E-state index is 13.1. The van der Waals surface area contributed by atoms with Crippen LogP contribution >= 0.6 is 0 Å². The van der Waals surface area contributed by atoms with Crippen molar-refractivity contribution in [2.24, 2.45) is 5.92 Å². The fourth-order valence-electron chi connectivity index (χ4n) is 3.03. The van der Waals surface area contributed by atoms with Gasteiger partial charge in [-0.15, -0.1) is 0 Å². The molecule has 0 radical (unpaired) electrons. The summed E-state index contributed by atoms with van der Waals surface area (Å²) in [4.78, 5) is 37.9. The van der Waals surface area contributed by atoms with Gasteiger partial charge < -0.3 is 14.6 Å². The molecule has 0 bridgehead atoms. The van der Waals surface area contributed by atoms with Crippen LogP contribution in [0.25, 0.3) is 0 Å². The number of fused-ring (bicyclic) bond motifs is 1. The van der Waals surface area contributed by atoms with Crippen molar-refractivity contribution in [3.05, 3.63) is 24.3 Å². The number of carbonyl (C=O) groups is 3. The molecule has 0 aromatic heterocycles. The average Bonchev–Trinajstić information content (AvgIpc) is 2.76. The molecule has 8 heteroatoms. The van der Waals surface area contributed by atoms with Crippen molar-refractivity contribution in [2.75, 3.05) is 24.7 Å². The highest BCUT2D eigenvalue weighted by molar-refractivity contribution is 6.02. The predicted octanol–water partition coefficient (Wildman–Crippen LogP) is 1.82. The lowest BCUT2D eigenvalue weighted by Gasteiger charge is -2.26. The van der Waals surface area contributed by atoms with Crippen molar-refractivity contribution < 1.29 is 29.0 Å². The first-order valence-electron chi connectivity index (χ1n) is 9.51. The molecule has 154 valence electrons. The van der Waals surface area contributed by atoms with Crippen molar-refractivity contribution in [1.82, 2.24) is 5.32 Å². The quantitative estimate of drug-likeness (QED) is 0.618. The van der Waals surface area contributed by atoms with Gasteiger partial charge in [0.25, 0.3) is 0 Å². The summed E-state index contributed by atoms with van der Waals surface area (Å²) in [5.74, 6) is -1.21. The smallest absolute Gasteiger partial charge is 0.323 e. The summed E-state index contributed by atoms with van der Waals surface area (Å²) in [5, 5.41) is 12.3. The fourth-order valence-corrected chi connectivity index (χ4v) is 3.03. The predicted molar refractivity (Wildman–Crippen MR) is 103 cm³/mol. The van der Waals surface area contributed by atoms with Gasteiger partial charge in [0.2, 0.25) is 5.91 Å². The summed E-state index contributed by atoms with van der Waals surface area (Å²) in [6.07, 6.45) is 1.28. The standard InChI is InChI=1S/C20H28N2O6/c1-4-27-20(26)14(10-9-13(2)3)21-15-12-28-17-8-6-5-7-16(17)22(19(15)25)11-18(23)24/h5-8,13-15,21H,4,9-12H2,1-3H3,(H,23,24)/t14-,15?/m0/s1. The number of nitrogens with zero attached hydrogens (tertiary/aromatic N) is 1. The van der Waals surface area contributed by atoms with E-state index in [9.17, 15) is 19.5 Å². The van der Waals surface area contributed by atoms with Gasteiger partial charge >= 0.3 is 11.9 Å². The zero-order valence-corrected chi connectivity index (χ0v) is 16.5. The number of carboxylic acid groups (broad SMARTS) is 1. The summed E-state index contributed by atoms with van der Waals surface area (Å²) in [6, 6.07) is 5.24. The molecule has 2 N–H and O–H groups in total. The molecular weight excluding hydrogens is 364 g/mol. The molecule has 0 saturated carbocycles. The van der Waals surface area contributed by atoms with Gasteiger partial charge in [0.1, 0.15) is 31.0 Å². The zero-order chi connectivity index (χ0) is 20.7. The van der Waals surface area contributed by atoms with Crippen LogP contribution in [0, 0.1) is 5.92 Å². The number of hydrogen-bond donors (Lipinski definition) is 2. The van der Waals surface area contributed by atoms with Crippen LogP contribution in [0.1, 0.15) is 33.6 Å². The molecule has 1 heterocycles. The minimum atomic E-state index is -1.13. The van der Waals surface area contributed by atoms with Crippen molar-refractivity contribution in [1.29, 1.82) is 0 Å². The molecule has 0 fully saturated rings. The minimum absolute atomic E-state index is 0.0104. The highest BCUT2D eigenvalue weighted by Gasteiger charge is 2.35. The fraction of sp³-hybridized carbons (Fsp3) is 0.550. The third-order valence-corrected chi connectivity index (χ3v) is 4.43. The van der Waals surface area contributed by atoms with Crippen LogP contribution in [0.3, 0.4) is 0 Å². The number of amides is 1. The number of hydrogen-bond acceptors (Lipinski definition) is 6. The first-order chi connectivity index (χ1) is 13.3. The van der Waals surface area contributed by atoms with Crippen molar-refractivity contribution in [2.45, 2.75) is 45.7 Å². The monoisotopic (exact) mass is 392 g/mol. The first-order valence-corrected chi connectivity index (χ1v) is 9.51. The van der Waals surface area contributed by atoms with E-state index in [2.05, 4.69) is 5.32 Å². The Morgan fingerprint density at radius 2 is 2.04 bits per heavy atom. The molecule has 1 aromatic carbocycles. The first kappa shape index (κ1) is 21.7. The molecule has 1 unspecified atom stereocenters. The Labute approximate surface area is 164 Å². The van der Waals surface area contributed by atoms with Crippen molar-refractivity contribution in [3.8, 4) is 5.75 Å². The SMILES string of the molecule is CCOC(=O)[C@H](CCC(C)C)NC1COc2ccccc2N(CC(=O)O)C1=O. The number of anilines is 1. The minimum Gasteiger partial charge on any atom is -0.489 e. The number of aliphatic carboxylic acids is 1. The highest BCUT2D eigenvalue weighted by Crippen LogP contribution is 2.31. The number of carbonyl (C=O) groups excluding carboxylic acids is 2. The third kappa shape index (κ3) is 5.69. The van der Waals surface area contributed by atoms with Crippen molar-refractivity contribution >= 4 is 23.5 Å². The molecule has 1 amide bonds. The number of esters is 1. The van der Waals surface area contributed by atoms with Crippen LogP contribution in [-0.4, -0.2) is 54.8 Å². The molecular formula is C20H28N2O6. The van der Waals surface area contributed by atoms with E-state index in [1.807, 2.05) is 13.8 Å². The van der Waals surface area contributed by atoms with Crippen molar-refractivity contribution in [3.63, 3.8) is 0 Å². The Bertz CT molecular complexity index is 706. The summed E-state index contributed by atoms with van der Waals surface area (Å²) in [6.45, 7) is 5.56. The second-order valence-electron chi connectivity index (χ2n) is 7.09. The maximum atomic E-state index is 13.1. The van der Waals surface area contributed by atoms with E-state index in [1.54, 1.807) is 31.2 Å². The molecule has 1 aromatic rings. The van der Waals surface area contributed by atoms with Gasteiger partial charge in [-0.1, -0.05) is 26.0 Å². The van der Waals surface area contributed by atoms with Gasteiger partial charge in [-0.2, -0.15) is 0 Å². The largest absolute Gasteiger partial charge is 0.489 e. The normalized spacial score (nSPS) is 17.5. The van der Waals surface area contributed by atoms with E-state index in [4.69, 9.17) is 9.47 Å². The Kier molecular flexibility index (Phi) is 7.80. The summed E-state index contributed by atoms with van der Waals surface area (Å²) in [5.41, 5.74) is 0.397. The maximum Gasteiger partial charge on any atom is 0.323 e. The van der Waals surface area contributed by atoms with Gasteiger partial charge in [-0.3, -0.25) is 24.6 Å². The van der Waals surface area contributed by atoms with Crippen LogP contribution in [-0.2, 0) is 19.1 Å². The molecule has 1 aliphatic rings. The number of rotatable bonds is 9. The van der Waals surface area contributed by atoms with Gasteiger partial charge in [-0.25, -0.2) is 0 Å². The summed E-state index contributed by atoms with van der Waals surface area (Å²) in [7, 11) is 0. The summed E-state index contributed by atoms with van der Waals surface area (Å²) < 4.78 is 10.9. The average molecular weight is 392 g/mol. The molecule has 2 rings (SSSR count). The highest BCUT2D eigenvalue weighted by atomic mass is 16.5. The lowest BCUT2D eigenvalue weighted by atomic mass is 10.0. The van der Waals surface area contributed by atoms with Crippen LogP contribution in [0.5, 0.6) is 5.75 Å². The van der Waals surface area contributed by atoms with Crippen LogP contribution in [0.2, 0.25) is 0 Å². The molecule has 28 heavy (non-hydrogen) atoms. The van der Waals surface area contributed by atoms with Crippen LogP contribution < -0.4 is 15.0 Å². The lowest BCUT2D eigenvalue weighted by molar-refractivity contribution is -0.146. The third-order valence-electron chi connectivity index (χ3n) is 4.43. The second kappa shape index (κ2) is 10.1. The van der Waals surface area contributed by atoms with E-state index in [1.165, 1.54) is 4.90 Å². The number of ether oxygens (including phenoxy) is 2. The molecule has 0 aliphatic carbocycles. The lowest BCUT2D eigenvalue weighted by Crippen LogP contribution is -2.54.